The molecule has 0 spiro atoms. The summed E-state index contributed by atoms with van der Waals surface area (Å²) in [5, 5.41) is 2.57. The van der Waals surface area contributed by atoms with E-state index in [0.717, 1.165) is 0 Å². The molecule has 0 aliphatic carbocycles. The van der Waals surface area contributed by atoms with Crippen LogP contribution in [0, 0.1) is 18.2 Å². The smallest absolute Gasteiger partial charge is 0.255 e. The molecule has 0 fully saturated rings. The van der Waals surface area contributed by atoms with Gasteiger partial charge in [0.15, 0.2) is 0 Å². The van der Waals surface area contributed by atoms with Gasteiger partial charge in [0.25, 0.3) is 5.91 Å². The van der Waals surface area contributed by atoms with Gasteiger partial charge >= 0.3 is 0 Å². The Bertz CT molecular complexity index is 676. The van der Waals surface area contributed by atoms with Crippen LogP contribution < -0.4 is 5.32 Å². The zero-order chi connectivity index (χ0) is 13.8. The Labute approximate surface area is 115 Å². The Kier molecular flexibility index (Phi) is 3.84. The van der Waals surface area contributed by atoms with Crippen molar-refractivity contribution in [2.24, 2.45) is 0 Å². The molecule has 0 unspecified atom stereocenters. The molecule has 4 heteroatoms. The molecular weight excluding hydrogens is 265 g/mol. The highest BCUT2D eigenvalue weighted by Gasteiger charge is 2.08. The number of amides is 1. The molecular formula is C15H9ClFNO. The van der Waals surface area contributed by atoms with Crippen LogP contribution in [0.4, 0.5) is 10.1 Å². The van der Waals surface area contributed by atoms with Crippen LogP contribution in [0.15, 0.2) is 42.5 Å². The van der Waals surface area contributed by atoms with Crippen molar-refractivity contribution in [2.45, 2.75) is 0 Å². The maximum atomic E-state index is 13.0. The Morgan fingerprint density at radius 3 is 2.74 bits per heavy atom. The third kappa shape index (κ3) is 3.12. The van der Waals surface area contributed by atoms with Gasteiger partial charge < -0.3 is 5.32 Å². The molecule has 0 aliphatic heterocycles. The summed E-state index contributed by atoms with van der Waals surface area (Å²) >= 11 is 5.64. The molecule has 2 rings (SSSR count). The lowest BCUT2D eigenvalue weighted by Gasteiger charge is -2.06. The van der Waals surface area contributed by atoms with Crippen molar-refractivity contribution in [2.75, 3.05) is 5.32 Å². The van der Waals surface area contributed by atoms with Gasteiger partial charge in [0.1, 0.15) is 5.82 Å². The highest BCUT2D eigenvalue weighted by atomic mass is 35.5. The minimum atomic E-state index is -0.533. The second-order valence-corrected chi connectivity index (χ2v) is 4.22. The largest absolute Gasteiger partial charge is 0.322 e. The van der Waals surface area contributed by atoms with Crippen LogP contribution in [0.5, 0.6) is 0 Å². The van der Waals surface area contributed by atoms with Gasteiger partial charge in [-0.2, -0.15) is 0 Å². The zero-order valence-corrected chi connectivity index (χ0v) is 10.5. The van der Waals surface area contributed by atoms with Crippen LogP contribution >= 0.6 is 11.6 Å². The molecule has 0 aromatic heterocycles. The first-order chi connectivity index (χ1) is 9.10. The number of nitrogens with one attached hydrogen (secondary N) is 1. The van der Waals surface area contributed by atoms with E-state index in [1.54, 1.807) is 24.3 Å². The minimum Gasteiger partial charge on any atom is -0.322 e. The van der Waals surface area contributed by atoms with Crippen molar-refractivity contribution < 1.29 is 9.18 Å². The monoisotopic (exact) mass is 273 g/mol. The van der Waals surface area contributed by atoms with Crippen molar-refractivity contribution in [3.05, 3.63) is 64.4 Å². The number of halogens is 2. The molecule has 2 aromatic rings. The van der Waals surface area contributed by atoms with Gasteiger partial charge in [-0.15, -0.1) is 6.42 Å². The fourth-order valence-electron chi connectivity index (χ4n) is 1.53. The van der Waals surface area contributed by atoms with Crippen LogP contribution in [0.3, 0.4) is 0 Å². The summed E-state index contributed by atoms with van der Waals surface area (Å²) < 4.78 is 13.0. The predicted molar refractivity (Wildman–Crippen MR) is 73.7 cm³/mol. The van der Waals surface area contributed by atoms with E-state index in [0.29, 0.717) is 16.8 Å². The van der Waals surface area contributed by atoms with Gasteiger partial charge in [-0.25, -0.2) is 4.39 Å². The molecule has 0 bridgehead atoms. The first-order valence-corrected chi connectivity index (χ1v) is 5.81. The van der Waals surface area contributed by atoms with E-state index in [1.165, 1.54) is 18.2 Å². The summed E-state index contributed by atoms with van der Waals surface area (Å²) in [6.07, 6.45) is 5.27. The number of carbonyl (C=O) groups is 1. The van der Waals surface area contributed by atoms with Crippen LogP contribution in [0.25, 0.3) is 0 Å². The standard InChI is InChI=1S/C15H9ClFNO/c1-2-10-4-3-5-11(8-10)15(19)18-12-6-7-14(17)13(16)9-12/h1,3-9H,(H,18,19). The van der Waals surface area contributed by atoms with E-state index < -0.39 is 5.82 Å². The molecule has 0 aliphatic rings. The number of terminal acetylenes is 1. The third-order valence-corrected chi connectivity index (χ3v) is 2.76. The number of carbonyl (C=O) groups excluding carboxylic acids is 1. The molecule has 2 aromatic carbocycles. The van der Waals surface area contributed by atoms with Gasteiger partial charge in [0, 0.05) is 16.8 Å². The average molecular weight is 274 g/mol. The number of rotatable bonds is 2. The van der Waals surface area contributed by atoms with Crippen LogP contribution in [-0.4, -0.2) is 5.91 Å². The van der Waals surface area contributed by atoms with E-state index >= 15 is 0 Å². The predicted octanol–water partition coefficient (Wildman–Crippen LogP) is 3.71. The van der Waals surface area contributed by atoms with E-state index in [1.807, 2.05) is 0 Å². The van der Waals surface area contributed by atoms with Gasteiger partial charge in [-0.3, -0.25) is 4.79 Å². The third-order valence-electron chi connectivity index (χ3n) is 2.47. The first-order valence-electron chi connectivity index (χ1n) is 5.43. The number of benzene rings is 2. The van der Waals surface area contributed by atoms with Gasteiger partial charge in [0.05, 0.1) is 5.02 Å². The second kappa shape index (κ2) is 5.55. The summed E-state index contributed by atoms with van der Waals surface area (Å²) in [5.74, 6) is 1.59. The lowest BCUT2D eigenvalue weighted by atomic mass is 10.1. The minimum absolute atomic E-state index is 0.0461. The second-order valence-electron chi connectivity index (χ2n) is 3.81. The first kappa shape index (κ1) is 13.1. The summed E-state index contributed by atoms with van der Waals surface area (Å²) in [4.78, 5) is 12.0. The molecule has 19 heavy (non-hydrogen) atoms. The maximum Gasteiger partial charge on any atom is 0.255 e. The number of hydrogen-bond donors (Lipinski definition) is 1. The Hall–Kier alpha value is -2.31. The lowest BCUT2D eigenvalue weighted by Crippen LogP contribution is -2.12. The van der Waals surface area contributed by atoms with E-state index in [9.17, 15) is 9.18 Å². The fourth-order valence-corrected chi connectivity index (χ4v) is 1.71. The van der Waals surface area contributed by atoms with E-state index in [2.05, 4.69) is 11.2 Å². The Morgan fingerprint density at radius 2 is 2.05 bits per heavy atom. The van der Waals surface area contributed by atoms with Crippen LogP contribution in [0.1, 0.15) is 15.9 Å². The summed E-state index contributed by atoms with van der Waals surface area (Å²) in [7, 11) is 0. The topological polar surface area (TPSA) is 29.1 Å². The molecule has 0 saturated heterocycles. The average Bonchev–Trinajstić information content (AvgIpc) is 2.43. The van der Waals surface area contributed by atoms with Gasteiger partial charge in [-0.1, -0.05) is 23.6 Å². The number of hydrogen-bond acceptors (Lipinski definition) is 1. The van der Waals surface area contributed by atoms with Crippen LogP contribution in [-0.2, 0) is 0 Å². The van der Waals surface area contributed by atoms with Gasteiger partial charge in [-0.05, 0) is 36.4 Å². The lowest BCUT2D eigenvalue weighted by molar-refractivity contribution is 0.102. The molecule has 0 atom stereocenters. The fraction of sp³-hybridized carbons (Fsp3) is 0. The van der Waals surface area contributed by atoms with E-state index in [4.69, 9.17) is 18.0 Å². The van der Waals surface area contributed by atoms with Crippen molar-refractivity contribution in [3.63, 3.8) is 0 Å². The summed E-state index contributed by atoms with van der Waals surface area (Å²) in [6.45, 7) is 0. The van der Waals surface area contributed by atoms with Crippen LogP contribution in [0.2, 0.25) is 5.02 Å². The van der Waals surface area contributed by atoms with Crippen molar-refractivity contribution in [3.8, 4) is 12.3 Å². The van der Waals surface area contributed by atoms with Crippen molar-refractivity contribution >= 4 is 23.2 Å². The molecule has 1 N–H and O–H groups in total. The number of anilines is 1. The normalized spacial score (nSPS) is 9.74. The summed E-state index contributed by atoms with van der Waals surface area (Å²) in [5.41, 5.74) is 1.46. The quantitative estimate of drug-likeness (QED) is 0.831. The summed E-state index contributed by atoms with van der Waals surface area (Å²) in [6, 6.07) is 10.6. The van der Waals surface area contributed by atoms with Crippen molar-refractivity contribution in [1.82, 2.24) is 0 Å². The SMILES string of the molecule is C#Cc1cccc(C(=O)Nc2ccc(F)c(Cl)c2)c1. The maximum absolute atomic E-state index is 13.0. The highest BCUT2D eigenvalue weighted by molar-refractivity contribution is 6.31. The molecule has 0 radical (unpaired) electrons. The van der Waals surface area contributed by atoms with Gasteiger partial charge in [0.2, 0.25) is 0 Å². The molecule has 1 amide bonds. The molecule has 2 nitrogen and oxygen atoms in total. The molecule has 0 heterocycles. The molecule has 0 saturated carbocycles. The molecule has 94 valence electrons. The Balaban J connectivity index is 2.21. The zero-order valence-electron chi connectivity index (χ0n) is 9.78. The Morgan fingerprint density at radius 1 is 1.26 bits per heavy atom. The highest BCUT2D eigenvalue weighted by Crippen LogP contribution is 2.20. The van der Waals surface area contributed by atoms with E-state index in [-0.39, 0.29) is 10.9 Å². The van der Waals surface area contributed by atoms with Crippen molar-refractivity contribution in [1.29, 1.82) is 0 Å².